The molecule has 1 aliphatic rings. The van der Waals surface area contributed by atoms with Crippen LogP contribution in [0.1, 0.15) is 43.2 Å². The van der Waals surface area contributed by atoms with E-state index in [1.165, 1.54) is 6.42 Å². The molecule has 0 saturated heterocycles. The van der Waals surface area contributed by atoms with Gasteiger partial charge in [0.15, 0.2) is 0 Å². The van der Waals surface area contributed by atoms with Gasteiger partial charge in [-0.1, -0.05) is 19.0 Å². The van der Waals surface area contributed by atoms with Crippen LogP contribution in [0.3, 0.4) is 0 Å². The molecule has 1 aliphatic carbocycles. The van der Waals surface area contributed by atoms with Crippen LogP contribution < -0.4 is 0 Å². The van der Waals surface area contributed by atoms with E-state index in [0.717, 1.165) is 23.4 Å². The Morgan fingerprint density at radius 2 is 2.31 bits per heavy atom. The highest BCUT2D eigenvalue weighted by Crippen LogP contribution is 2.36. The first-order valence-corrected chi connectivity index (χ1v) is 4.82. The maximum Gasteiger partial charge on any atom is 0.143 e. The Morgan fingerprint density at radius 1 is 1.54 bits per heavy atom. The molecular weight excluding hydrogens is 166 g/mol. The molecule has 0 radical (unpaired) electrons. The standard InChI is InChI=1S/C10H15NO2/c1-6-3-4-8-9(5-12)11-13-10(8)7(6)2/h6-7,12H,3-5H2,1-2H3. The fourth-order valence-electron chi connectivity index (χ4n) is 1.99. The number of hydrogen-bond donors (Lipinski definition) is 1. The molecule has 1 heterocycles. The van der Waals surface area contributed by atoms with Gasteiger partial charge in [-0.2, -0.15) is 0 Å². The van der Waals surface area contributed by atoms with Crippen LogP contribution in [0.4, 0.5) is 0 Å². The zero-order valence-corrected chi connectivity index (χ0v) is 8.08. The number of fused-ring (bicyclic) bond motifs is 1. The zero-order valence-electron chi connectivity index (χ0n) is 8.08. The zero-order chi connectivity index (χ0) is 9.42. The lowest BCUT2D eigenvalue weighted by Crippen LogP contribution is -2.15. The molecule has 2 unspecified atom stereocenters. The quantitative estimate of drug-likeness (QED) is 0.719. The summed E-state index contributed by atoms with van der Waals surface area (Å²) in [7, 11) is 0. The van der Waals surface area contributed by atoms with E-state index in [-0.39, 0.29) is 6.61 Å². The van der Waals surface area contributed by atoms with E-state index in [0.29, 0.717) is 11.8 Å². The van der Waals surface area contributed by atoms with Crippen LogP contribution in [-0.2, 0) is 13.0 Å². The summed E-state index contributed by atoms with van der Waals surface area (Å²) in [6.45, 7) is 4.39. The topological polar surface area (TPSA) is 46.3 Å². The number of rotatable bonds is 1. The van der Waals surface area contributed by atoms with E-state index in [1.54, 1.807) is 0 Å². The van der Waals surface area contributed by atoms with E-state index < -0.39 is 0 Å². The van der Waals surface area contributed by atoms with Crippen LogP contribution in [0.2, 0.25) is 0 Å². The predicted octanol–water partition coefficient (Wildman–Crippen LogP) is 1.85. The van der Waals surface area contributed by atoms with Gasteiger partial charge in [0.25, 0.3) is 0 Å². The van der Waals surface area contributed by atoms with Crippen molar-refractivity contribution in [1.82, 2.24) is 5.16 Å². The fraction of sp³-hybridized carbons (Fsp3) is 0.700. The third-order valence-corrected chi connectivity index (χ3v) is 3.17. The van der Waals surface area contributed by atoms with E-state index in [2.05, 4.69) is 19.0 Å². The molecule has 3 heteroatoms. The van der Waals surface area contributed by atoms with Crippen molar-refractivity contribution in [2.75, 3.05) is 0 Å². The van der Waals surface area contributed by atoms with Gasteiger partial charge >= 0.3 is 0 Å². The summed E-state index contributed by atoms with van der Waals surface area (Å²) in [4.78, 5) is 0. The molecule has 0 amide bonds. The summed E-state index contributed by atoms with van der Waals surface area (Å²) in [5.41, 5.74) is 1.88. The molecule has 2 atom stereocenters. The summed E-state index contributed by atoms with van der Waals surface area (Å²) in [6, 6.07) is 0. The first-order chi connectivity index (χ1) is 6.24. The number of aliphatic hydroxyl groups excluding tert-OH is 1. The van der Waals surface area contributed by atoms with Gasteiger partial charge < -0.3 is 9.63 Å². The van der Waals surface area contributed by atoms with E-state index in [9.17, 15) is 0 Å². The lowest BCUT2D eigenvalue weighted by Gasteiger charge is -2.23. The lowest BCUT2D eigenvalue weighted by atomic mass is 9.81. The predicted molar refractivity (Wildman–Crippen MR) is 48.3 cm³/mol. The van der Waals surface area contributed by atoms with E-state index in [4.69, 9.17) is 9.63 Å². The van der Waals surface area contributed by atoms with Gasteiger partial charge in [0.05, 0.1) is 6.61 Å². The highest BCUT2D eigenvalue weighted by molar-refractivity contribution is 5.28. The Balaban J connectivity index is 2.39. The lowest BCUT2D eigenvalue weighted by molar-refractivity contribution is 0.262. The van der Waals surface area contributed by atoms with Crippen molar-refractivity contribution in [2.24, 2.45) is 5.92 Å². The molecule has 72 valence electrons. The van der Waals surface area contributed by atoms with Gasteiger partial charge in [-0.05, 0) is 18.8 Å². The van der Waals surface area contributed by atoms with Crippen molar-refractivity contribution in [3.8, 4) is 0 Å². The van der Waals surface area contributed by atoms with Gasteiger partial charge in [0, 0.05) is 11.5 Å². The highest BCUT2D eigenvalue weighted by atomic mass is 16.5. The molecule has 0 saturated carbocycles. The third-order valence-electron chi connectivity index (χ3n) is 3.17. The smallest absolute Gasteiger partial charge is 0.143 e. The number of nitrogens with zero attached hydrogens (tertiary/aromatic N) is 1. The van der Waals surface area contributed by atoms with Crippen LogP contribution in [0.5, 0.6) is 0 Å². The second kappa shape index (κ2) is 3.14. The van der Waals surface area contributed by atoms with Crippen molar-refractivity contribution in [3.05, 3.63) is 17.0 Å². The highest BCUT2D eigenvalue weighted by Gasteiger charge is 2.29. The molecule has 3 nitrogen and oxygen atoms in total. The van der Waals surface area contributed by atoms with Crippen LogP contribution in [0.15, 0.2) is 4.52 Å². The Bertz CT molecular complexity index is 306. The second-order valence-corrected chi connectivity index (χ2v) is 3.93. The van der Waals surface area contributed by atoms with Gasteiger partial charge in [-0.25, -0.2) is 0 Å². The number of hydrogen-bond acceptors (Lipinski definition) is 3. The van der Waals surface area contributed by atoms with Crippen LogP contribution in [0, 0.1) is 5.92 Å². The molecule has 1 aromatic heterocycles. The van der Waals surface area contributed by atoms with Crippen molar-refractivity contribution in [1.29, 1.82) is 0 Å². The van der Waals surface area contributed by atoms with E-state index >= 15 is 0 Å². The minimum Gasteiger partial charge on any atom is -0.390 e. The van der Waals surface area contributed by atoms with Gasteiger partial charge in [-0.3, -0.25) is 0 Å². The summed E-state index contributed by atoms with van der Waals surface area (Å²) in [6.07, 6.45) is 2.17. The van der Waals surface area contributed by atoms with Gasteiger partial charge in [0.2, 0.25) is 0 Å². The Kier molecular flexibility index (Phi) is 2.12. The third kappa shape index (κ3) is 1.27. The SMILES string of the molecule is CC1CCc2c(CO)noc2C1C. The Hall–Kier alpha value is -0.830. The number of aromatic nitrogens is 1. The molecule has 0 aliphatic heterocycles. The van der Waals surface area contributed by atoms with E-state index in [1.807, 2.05) is 0 Å². The van der Waals surface area contributed by atoms with Crippen LogP contribution in [0.25, 0.3) is 0 Å². The molecule has 0 bridgehead atoms. The van der Waals surface area contributed by atoms with Crippen molar-refractivity contribution >= 4 is 0 Å². The largest absolute Gasteiger partial charge is 0.390 e. The average molecular weight is 181 g/mol. The minimum atomic E-state index is -0.0000652. The molecule has 13 heavy (non-hydrogen) atoms. The van der Waals surface area contributed by atoms with Gasteiger partial charge in [-0.15, -0.1) is 0 Å². The Morgan fingerprint density at radius 3 is 3.00 bits per heavy atom. The molecule has 2 rings (SSSR count). The Labute approximate surface area is 77.7 Å². The minimum absolute atomic E-state index is 0.0000652. The monoisotopic (exact) mass is 181 g/mol. The maximum absolute atomic E-state index is 9.01. The van der Waals surface area contributed by atoms with Crippen molar-refractivity contribution in [2.45, 2.75) is 39.2 Å². The van der Waals surface area contributed by atoms with Crippen LogP contribution >= 0.6 is 0 Å². The second-order valence-electron chi connectivity index (χ2n) is 3.93. The molecule has 1 N–H and O–H groups in total. The molecular formula is C10H15NO2. The maximum atomic E-state index is 9.01. The molecule has 0 spiro atoms. The molecule has 0 aromatic carbocycles. The average Bonchev–Trinajstić information content (AvgIpc) is 2.55. The molecule has 1 aromatic rings. The van der Waals surface area contributed by atoms with Crippen LogP contribution in [-0.4, -0.2) is 10.3 Å². The summed E-state index contributed by atoms with van der Waals surface area (Å²) < 4.78 is 5.25. The normalized spacial score (nSPS) is 27.3. The first-order valence-electron chi connectivity index (χ1n) is 4.82. The summed E-state index contributed by atoms with van der Waals surface area (Å²) in [5, 5.41) is 12.9. The van der Waals surface area contributed by atoms with Crippen molar-refractivity contribution < 1.29 is 9.63 Å². The first kappa shape index (κ1) is 8.75. The number of aliphatic hydroxyl groups is 1. The fourth-order valence-corrected chi connectivity index (χ4v) is 1.99. The molecule has 0 fully saturated rings. The summed E-state index contributed by atoms with van der Waals surface area (Å²) in [5.74, 6) is 2.09. The van der Waals surface area contributed by atoms with Gasteiger partial charge in [0.1, 0.15) is 11.5 Å². The summed E-state index contributed by atoms with van der Waals surface area (Å²) >= 11 is 0. The van der Waals surface area contributed by atoms with Crippen molar-refractivity contribution in [3.63, 3.8) is 0 Å².